The maximum Gasteiger partial charge on any atom is 0.405 e. The van der Waals surface area contributed by atoms with Gasteiger partial charge in [0.05, 0.1) is 11.3 Å². The van der Waals surface area contributed by atoms with Gasteiger partial charge in [0.25, 0.3) is 5.91 Å². The van der Waals surface area contributed by atoms with Gasteiger partial charge < -0.3 is 25.6 Å². The fraction of sp³-hybridized carbons (Fsp3) is 0.292. The maximum absolute atomic E-state index is 12.6. The number of anilines is 1. The number of nitrogens with one attached hydrogen (secondary N) is 2. The zero-order chi connectivity index (χ0) is 28.6. The predicted octanol–water partition coefficient (Wildman–Crippen LogP) is 3.10. The molecule has 0 aliphatic carbocycles. The first-order chi connectivity index (χ1) is 19.0. The lowest BCUT2D eigenvalue weighted by molar-refractivity contribution is -0.149. The first-order valence-corrected chi connectivity index (χ1v) is 12.5. The Hall–Kier alpha value is -3.56. The first-order valence-electron chi connectivity index (χ1n) is 11.7. The van der Waals surface area contributed by atoms with Crippen molar-refractivity contribution in [2.75, 3.05) is 11.9 Å². The fourth-order valence-corrected chi connectivity index (χ4v) is 4.50. The van der Waals surface area contributed by atoms with Crippen molar-refractivity contribution in [2.24, 2.45) is 0 Å². The molecule has 0 unspecified atom stereocenters. The third-order valence-electron chi connectivity index (χ3n) is 5.97. The number of carbonyl (C=O) groups is 1. The molecule has 4 N–H and O–H groups in total. The average molecular weight is 598 g/mol. The Labute approximate surface area is 234 Å². The normalized spacial score (nSPS) is 21.1. The lowest BCUT2D eigenvalue weighted by Gasteiger charge is -2.17. The third kappa shape index (κ3) is 5.95. The van der Waals surface area contributed by atoms with E-state index in [1.54, 1.807) is 29.6 Å². The van der Waals surface area contributed by atoms with Crippen LogP contribution in [0.1, 0.15) is 11.8 Å². The van der Waals surface area contributed by atoms with Crippen molar-refractivity contribution in [1.29, 1.82) is 0 Å². The van der Waals surface area contributed by atoms with Gasteiger partial charge in [-0.25, -0.2) is 15.0 Å². The number of hydrogen-bond donors (Lipinski definition) is 4. The zero-order valence-electron chi connectivity index (χ0n) is 20.2. The van der Waals surface area contributed by atoms with E-state index in [4.69, 9.17) is 27.9 Å². The van der Waals surface area contributed by atoms with Gasteiger partial charge in [0.1, 0.15) is 18.8 Å². The van der Waals surface area contributed by atoms with Crippen LogP contribution < -0.4 is 10.6 Å². The molecule has 0 bridgehead atoms. The van der Waals surface area contributed by atoms with Crippen LogP contribution in [0.2, 0.25) is 10.0 Å². The van der Waals surface area contributed by atoms with Gasteiger partial charge in [-0.1, -0.05) is 35.3 Å². The largest absolute Gasteiger partial charge is 0.405 e. The molecule has 16 heteroatoms. The summed E-state index contributed by atoms with van der Waals surface area (Å²) >= 11 is 12.2. The number of amides is 1. The Morgan fingerprint density at radius 1 is 1.10 bits per heavy atom. The summed E-state index contributed by atoms with van der Waals surface area (Å²) < 4.78 is 44.5. The lowest BCUT2D eigenvalue weighted by atomic mass is 10.1. The monoisotopic (exact) mass is 597 g/mol. The molecule has 1 aliphatic rings. The van der Waals surface area contributed by atoms with Crippen molar-refractivity contribution in [3.05, 3.63) is 64.7 Å². The summed E-state index contributed by atoms with van der Waals surface area (Å²) in [4.78, 5) is 29.8. The van der Waals surface area contributed by atoms with Crippen LogP contribution in [0.3, 0.4) is 0 Å². The Balaban J connectivity index is 1.51. The second-order valence-electron chi connectivity index (χ2n) is 8.86. The lowest BCUT2D eigenvalue weighted by Crippen LogP contribution is -2.45. The fourth-order valence-electron chi connectivity index (χ4n) is 4.12. The Morgan fingerprint density at radius 3 is 2.62 bits per heavy atom. The number of nitrogens with zero attached hydrogens (tertiary/aromatic N) is 5. The van der Waals surface area contributed by atoms with Gasteiger partial charge in [-0.15, -0.1) is 0 Å². The maximum atomic E-state index is 12.6. The molecule has 0 spiro atoms. The van der Waals surface area contributed by atoms with E-state index in [9.17, 15) is 28.2 Å². The number of aliphatic hydroxyl groups is 2. The summed E-state index contributed by atoms with van der Waals surface area (Å²) in [7, 11) is 0. The summed E-state index contributed by atoms with van der Waals surface area (Å²) in [5.74, 6) is -0.781. The molecule has 1 aliphatic heterocycles. The molecule has 40 heavy (non-hydrogen) atoms. The van der Waals surface area contributed by atoms with Crippen LogP contribution in [0.15, 0.2) is 49.1 Å². The molecular formula is C24H20Cl2F3N7O4. The van der Waals surface area contributed by atoms with Crippen LogP contribution in [0.5, 0.6) is 0 Å². The zero-order valence-corrected chi connectivity index (χ0v) is 21.7. The third-order valence-corrected chi connectivity index (χ3v) is 6.41. The van der Waals surface area contributed by atoms with Gasteiger partial charge in [-0.2, -0.15) is 13.2 Å². The van der Waals surface area contributed by atoms with Crippen LogP contribution in [0.4, 0.5) is 19.0 Å². The topological polar surface area (TPSA) is 147 Å². The number of fused-ring (bicyclic) bond motifs is 1. The number of ether oxygens (including phenoxy) is 1. The molecule has 1 saturated heterocycles. The van der Waals surface area contributed by atoms with Crippen molar-refractivity contribution < 1.29 is 32.9 Å². The van der Waals surface area contributed by atoms with Crippen molar-refractivity contribution in [3.8, 4) is 11.4 Å². The number of benzene rings is 1. The average Bonchev–Trinajstić information content (AvgIpc) is 3.46. The molecular weight excluding hydrogens is 578 g/mol. The highest BCUT2D eigenvalue weighted by Crippen LogP contribution is 2.34. The van der Waals surface area contributed by atoms with Crippen molar-refractivity contribution >= 4 is 46.1 Å². The highest BCUT2D eigenvalue weighted by Gasteiger charge is 2.48. The number of carbonyl (C=O) groups excluding carboxylic acids is 1. The molecule has 11 nitrogen and oxygen atoms in total. The number of rotatable bonds is 7. The SMILES string of the molecule is O=C(NCC(F)(F)F)[C@H]1O[C@@H](n2cnc3c(NCc4cccc(Cl)c4)nc(-c4cncc(Cl)c4)nc32)[C@H](O)[C@@H]1O. The molecule has 4 atom stereocenters. The molecule has 4 aromatic rings. The number of halogens is 5. The minimum absolute atomic E-state index is 0.131. The van der Waals surface area contributed by atoms with E-state index >= 15 is 0 Å². The van der Waals surface area contributed by atoms with Crippen LogP contribution >= 0.6 is 23.2 Å². The van der Waals surface area contributed by atoms with E-state index in [0.29, 0.717) is 22.2 Å². The summed E-state index contributed by atoms with van der Waals surface area (Å²) in [5.41, 5.74) is 1.67. The van der Waals surface area contributed by atoms with Crippen LogP contribution in [0.25, 0.3) is 22.6 Å². The number of aromatic nitrogens is 5. The van der Waals surface area contributed by atoms with Crippen molar-refractivity contribution in [2.45, 2.75) is 37.3 Å². The van der Waals surface area contributed by atoms with Crippen LogP contribution in [-0.2, 0) is 16.1 Å². The standard InChI is InChI=1S/C24H20Cl2F3N7O4/c25-13-3-1-2-11(4-13)6-31-20-15-21(35-19(34-20)12-5-14(26)8-30-7-12)36(10-33-15)23-17(38)16(37)18(40-23)22(39)32-9-24(27,28)29/h1-5,7-8,10,16-18,23,37-38H,6,9H2,(H,32,39)(H,31,34,35)/t16-,17+,18-,23+/m0/s1. The molecule has 4 heterocycles. The molecule has 5 rings (SSSR count). The summed E-state index contributed by atoms with van der Waals surface area (Å²) in [5, 5.41) is 26.8. The second kappa shape index (κ2) is 11.1. The van der Waals surface area contributed by atoms with Crippen molar-refractivity contribution in [3.63, 3.8) is 0 Å². The Kier molecular flexibility index (Phi) is 7.79. The van der Waals surface area contributed by atoms with Gasteiger partial charge in [-0.05, 0) is 23.8 Å². The molecule has 3 aromatic heterocycles. The summed E-state index contributed by atoms with van der Waals surface area (Å²) in [6, 6.07) is 8.73. The molecule has 0 saturated carbocycles. The smallest absolute Gasteiger partial charge is 0.387 e. The quantitative estimate of drug-likeness (QED) is 0.252. The van der Waals surface area contributed by atoms with E-state index in [1.807, 2.05) is 6.07 Å². The molecule has 1 amide bonds. The second-order valence-corrected chi connectivity index (χ2v) is 9.73. The van der Waals surface area contributed by atoms with Gasteiger partial charge in [0, 0.05) is 29.5 Å². The summed E-state index contributed by atoms with van der Waals surface area (Å²) in [6.45, 7) is -1.32. The van der Waals surface area contributed by atoms with E-state index in [2.05, 4.69) is 25.3 Å². The molecule has 210 valence electrons. The van der Waals surface area contributed by atoms with Crippen molar-refractivity contribution in [1.82, 2.24) is 29.8 Å². The number of imidazole rings is 1. The van der Waals surface area contributed by atoms with Gasteiger partial charge in [0.15, 0.2) is 35.1 Å². The minimum atomic E-state index is -4.67. The van der Waals surface area contributed by atoms with Crippen LogP contribution in [-0.4, -0.2) is 71.7 Å². The number of pyridine rings is 1. The van der Waals surface area contributed by atoms with Gasteiger partial charge in [0.2, 0.25) is 0 Å². The molecule has 0 radical (unpaired) electrons. The van der Waals surface area contributed by atoms with E-state index in [-0.39, 0.29) is 22.8 Å². The Morgan fingerprint density at radius 2 is 1.90 bits per heavy atom. The summed E-state index contributed by atoms with van der Waals surface area (Å²) in [6.07, 6.45) is -7.22. The van der Waals surface area contributed by atoms with Gasteiger partial charge in [-0.3, -0.25) is 14.3 Å². The first kappa shape index (κ1) is 28.0. The van der Waals surface area contributed by atoms with E-state index in [1.165, 1.54) is 23.3 Å². The number of alkyl halides is 3. The number of hydrogen-bond acceptors (Lipinski definition) is 9. The van der Waals surface area contributed by atoms with Crippen LogP contribution in [0, 0.1) is 0 Å². The molecule has 1 fully saturated rings. The van der Waals surface area contributed by atoms with Gasteiger partial charge >= 0.3 is 6.18 Å². The number of aliphatic hydroxyl groups excluding tert-OH is 2. The minimum Gasteiger partial charge on any atom is -0.387 e. The van der Waals surface area contributed by atoms with E-state index < -0.39 is 43.2 Å². The Bertz CT molecular complexity index is 1550. The van der Waals surface area contributed by atoms with E-state index in [0.717, 1.165) is 5.56 Å². The molecule has 1 aromatic carbocycles. The highest BCUT2D eigenvalue weighted by molar-refractivity contribution is 6.31. The highest BCUT2D eigenvalue weighted by atomic mass is 35.5. The predicted molar refractivity (Wildman–Crippen MR) is 137 cm³/mol.